The maximum absolute atomic E-state index is 13.0. The molecule has 8 nitrogen and oxygen atoms in total. The van der Waals surface area contributed by atoms with E-state index in [1.807, 2.05) is 83.5 Å². The molecule has 8 heteroatoms. The minimum atomic E-state index is -0.379. The lowest BCUT2D eigenvalue weighted by Crippen LogP contribution is -2.50. The lowest BCUT2D eigenvalue weighted by Gasteiger charge is -2.39. The predicted molar refractivity (Wildman–Crippen MR) is 148 cm³/mol. The minimum absolute atomic E-state index is 0.0183. The number of hydrogen-bond acceptors (Lipinski definition) is 6. The van der Waals surface area contributed by atoms with Crippen LogP contribution in [0, 0.1) is 0 Å². The highest BCUT2D eigenvalue weighted by molar-refractivity contribution is 6.06. The van der Waals surface area contributed by atoms with E-state index in [-0.39, 0.29) is 17.9 Å². The second kappa shape index (κ2) is 10.2. The van der Waals surface area contributed by atoms with Crippen LogP contribution < -0.4 is 15.1 Å². The number of fused-ring (bicyclic) bond motifs is 1. The molecule has 3 heterocycles. The largest absolute Gasteiger partial charge is 0.340 e. The zero-order valence-corrected chi connectivity index (χ0v) is 21.9. The van der Waals surface area contributed by atoms with Crippen molar-refractivity contribution in [2.24, 2.45) is 0 Å². The molecule has 0 bridgehead atoms. The number of nitrogens with zero attached hydrogens (tertiary/aromatic N) is 5. The molecule has 1 aromatic heterocycles. The first kappa shape index (κ1) is 24.8. The Morgan fingerprint density at radius 2 is 1.62 bits per heavy atom. The van der Waals surface area contributed by atoms with Gasteiger partial charge in [0, 0.05) is 56.2 Å². The van der Waals surface area contributed by atoms with Crippen LogP contribution in [0.3, 0.4) is 0 Å². The van der Waals surface area contributed by atoms with Crippen molar-refractivity contribution in [1.82, 2.24) is 14.8 Å². The van der Waals surface area contributed by atoms with Crippen LogP contribution in [-0.2, 0) is 4.79 Å². The first-order valence-electron chi connectivity index (χ1n) is 12.9. The summed E-state index contributed by atoms with van der Waals surface area (Å²) in [5.41, 5.74) is 3.20. The molecular formula is C29H34N6O2. The van der Waals surface area contributed by atoms with Gasteiger partial charge in [-0.3, -0.25) is 14.5 Å². The number of rotatable bonds is 5. The zero-order chi connectivity index (χ0) is 26.1. The molecule has 2 aliphatic heterocycles. The summed E-state index contributed by atoms with van der Waals surface area (Å²) in [4.78, 5) is 38.8. The van der Waals surface area contributed by atoms with Crippen molar-refractivity contribution in [1.29, 1.82) is 0 Å². The first-order chi connectivity index (χ1) is 17.8. The van der Waals surface area contributed by atoms with Gasteiger partial charge in [-0.05, 0) is 69.3 Å². The third kappa shape index (κ3) is 4.89. The number of hydrogen-bond donors (Lipinski definition) is 1. The van der Waals surface area contributed by atoms with Gasteiger partial charge in [0.2, 0.25) is 5.91 Å². The van der Waals surface area contributed by atoms with Gasteiger partial charge in [0.1, 0.15) is 11.9 Å². The summed E-state index contributed by atoms with van der Waals surface area (Å²) in [7, 11) is 1.78. The molecule has 37 heavy (non-hydrogen) atoms. The third-order valence-electron chi connectivity index (χ3n) is 7.29. The number of amides is 2. The van der Waals surface area contributed by atoms with E-state index in [2.05, 4.69) is 24.1 Å². The quantitative estimate of drug-likeness (QED) is 0.559. The molecule has 192 valence electrons. The van der Waals surface area contributed by atoms with Crippen LogP contribution in [0.1, 0.15) is 31.1 Å². The molecule has 0 aliphatic carbocycles. The molecule has 2 aromatic carbocycles. The van der Waals surface area contributed by atoms with Gasteiger partial charge in [-0.2, -0.15) is 0 Å². The Hall–Kier alpha value is -3.91. The van der Waals surface area contributed by atoms with E-state index in [4.69, 9.17) is 4.98 Å². The van der Waals surface area contributed by atoms with E-state index in [1.165, 1.54) is 0 Å². The van der Waals surface area contributed by atoms with E-state index in [9.17, 15) is 9.59 Å². The van der Waals surface area contributed by atoms with E-state index in [0.717, 1.165) is 49.1 Å². The lowest BCUT2D eigenvalue weighted by molar-refractivity contribution is -0.119. The minimum Gasteiger partial charge on any atom is -0.340 e. The van der Waals surface area contributed by atoms with Crippen LogP contribution in [0.4, 0.5) is 28.7 Å². The van der Waals surface area contributed by atoms with Gasteiger partial charge in [-0.25, -0.2) is 4.98 Å². The smallest absolute Gasteiger partial charge is 0.253 e. The molecule has 0 radical (unpaired) electrons. The fourth-order valence-corrected chi connectivity index (χ4v) is 5.05. The van der Waals surface area contributed by atoms with E-state index in [0.29, 0.717) is 17.4 Å². The summed E-state index contributed by atoms with van der Waals surface area (Å²) in [5, 5.41) is 3.36. The first-order valence-corrected chi connectivity index (χ1v) is 12.9. The van der Waals surface area contributed by atoms with Crippen LogP contribution in [0.15, 0.2) is 66.7 Å². The molecule has 2 aliphatic rings. The van der Waals surface area contributed by atoms with Gasteiger partial charge < -0.3 is 20.0 Å². The van der Waals surface area contributed by atoms with Gasteiger partial charge in [-0.1, -0.05) is 18.2 Å². The second-order valence-corrected chi connectivity index (χ2v) is 9.94. The van der Waals surface area contributed by atoms with Gasteiger partial charge in [-0.15, -0.1) is 0 Å². The highest BCUT2D eigenvalue weighted by Gasteiger charge is 2.35. The Labute approximate surface area is 218 Å². The topological polar surface area (TPSA) is 72.0 Å². The fourth-order valence-electron chi connectivity index (χ4n) is 5.05. The molecular weight excluding hydrogens is 464 g/mol. The number of likely N-dealkylation sites (N-methyl/N-ethyl adjacent to an activating group) is 1. The van der Waals surface area contributed by atoms with Gasteiger partial charge in [0.05, 0.1) is 5.69 Å². The van der Waals surface area contributed by atoms with E-state index in [1.54, 1.807) is 11.9 Å². The van der Waals surface area contributed by atoms with Crippen molar-refractivity contribution < 1.29 is 9.59 Å². The Bertz CT molecular complexity index is 1270. The predicted octanol–water partition coefficient (Wildman–Crippen LogP) is 4.49. The van der Waals surface area contributed by atoms with Gasteiger partial charge in [0.25, 0.3) is 5.91 Å². The highest BCUT2D eigenvalue weighted by atomic mass is 16.2. The van der Waals surface area contributed by atoms with Crippen LogP contribution >= 0.6 is 0 Å². The number of para-hydroxylation sites is 1. The monoisotopic (exact) mass is 498 g/mol. The molecule has 0 spiro atoms. The molecule has 2 amide bonds. The fraction of sp³-hybridized carbons (Fsp3) is 0.345. The summed E-state index contributed by atoms with van der Waals surface area (Å²) in [6, 6.07) is 21.3. The van der Waals surface area contributed by atoms with Crippen molar-refractivity contribution in [2.45, 2.75) is 32.9 Å². The number of piperazine rings is 1. The van der Waals surface area contributed by atoms with Crippen molar-refractivity contribution in [3.63, 3.8) is 0 Å². The summed E-state index contributed by atoms with van der Waals surface area (Å²) in [6.07, 6.45) is 0. The number of pyridine rings is 1. The van der Waals surface area contributed by atoms with Gasteiger partial charge >= 0.3 is 0 Å². The molecule has 1 saturated heterocycles. The average molecular weight is 499 g/mol. The standard InChI is InChI=1S/C29H34N6O2/c1-20(2)33-16-18-34(19-17-33)29(37)22-10-12-23(13-11-22)30-26-15-14-25-27(31-26)35(21(3)28(36)32(25)4)24-8-6-5-7-9-24/h5-15,20-21H,16-19H2,1-4H3,(H,30,31)/t21-/m1/s1. The number of carbonyl (C=O) groups is 2. The number of aromatic nitrogens is 1. The average Bonchev–Trinajstić information content (AvgIpc) is 2.92. The summed E-state index contributed by atoms with van der Waals surface area (Å²) < 4.78 is 0. The molecule has 0 saturated carbocycles. The van der Waals surface area contributed by atoms with Gasteiger partial charge in [0.15, 0.2) is 5.82 Å². The lowest BCUT2D eigenvalue weighted by atomic mass is 10.1. The van der Waals surface area contributed by atoms with Crippen LogP contribution in [0.5, 0.6) is 0 Å². The van der Waals surface area contributed by atoms with Crippen LogP contribution in [0.2, 0.25) is 0 Å². The van der Waals surface area contributed by atoms with Crippen molar-refractivity contribution in [3.8, 4) is 0 Å². The molecule has 3 aromatic rings. The summed E-state index contributed by atoms with van der Waals surface area (Å²) in [6.45, 7) is 9.61. The van der Waals surface area contributed by atoms with E-state index < -0.39 is 0 Å². The summed E-state index contributed by atoms with van der Waals surface area (Å²) in [5.74, 6) is 1.48. The number of carbonyl (C=O) groups excluding carboxylic acids is 2. The van der Waals surface area contributed by atoms with Crippen LogP contribution in [-0.4, -0.2) is 71.9 Å². The molecule has 1 atom stereocenters. The molecule has 1 N–H and O–H groups in total. The Balaban J connectivity index is 1.33. The molecule has 5 rings (SSSR count). The third-order valence-corrected chi connectivity index (χ3v) is 7.29. The van der Waals surface area contributed by atoms with Crippen molar-refractivity contribution in [3.05, 3.63) is 72.3 Å². The summed E-state index contributed by atoms with van der Waals surface area (Å²) >= 11 is 0. The van der Waals surface area contributed by atoms with E-state index >= 15 is 0 Å². The Morgan fingerprint density at radius 1 is 0.946 bits per heavy atom. The second-order valence-electron chi connectivity index (χ2n) is 9.94. The highest BCUT2D eigenvalue weighted by Crippen LogP contribution is 2.39. The maximum atomic E-state index is 13.0. The molecule has 1 fully saturated rings. The number of nitrogens with one attached hydrogen (secondary N) is 1. The SMILES string of the molecule is CC(C)N1CCN(C(=O)c2ccc(Nc3ccc4c(n3)N(c3ccccc3)[C@H](C)C(=O)N4C)cc2)CC1. The normalized spacial score (nSPS) is 18.2. The Kier molecular flexibility index (Phi) is 6.84. The Morgan fingerprint density at radius 3 is 2.27 bits per heavy atom. The maximum Gasteiger partial charge on any atom is 0.253 e. The zero-order valence-electron chi connectivity index (χ0n) is 21.9. The number of benzene rings is 2. The number of anilines is 5. The van der Waals surface area contributed by atoms with Crippen molar-refractivity contribution in [2.75, 3.05) is 48.3 Å². The van der Waals surface area contributed by atoms with Crippen molar-refractivity contribution >= 4 is 40.5 Å². The van der Waals surface area contributed by atoms with Crippen LogP contribution in [0.25, 0.3) is 0 Å². The molecule has 0 unspecified atom stereocenters.